The molecule has 118 valence electrons. The van der Waals surface area contributed by atoms with Gasteiger partial charge in [0.2, 0.25) is 0 Å². The van der Waals surface area contributed by atoms with Crippen LogP contribution in [0.3, 0.4) is 0 Å². The zero-order valence-corrected chi connectivity index (χ0v) is 13.6. The molecular weight excluding hydrogens is 252 g/mol. The number of aliphatic hydroxyl groups excluding tert-OH is 1. The van der Waals surface area contributed by atoms with Gasteiger partial charge in [-0.15, -0.1) is 0 Å². The second-order valence-electron chi connectivity index (χ2n) is 7.19. The van der Waals surface area contributed by atoms with Crippen molar-refractivity contribution >= 4 is 6.03 Å². The van der Waals surface area contributed by atoms with Crippen molar-refractivity contribution in [3.8, 4) is 0 Å². The van der Waals surface area contributed by atoms with E-state index in [1.54, 1.807) is 0 Å². The molecule has 1 fully saturated rings. The predicted octanol–water partition coefficient (Wildman–Crippen LogP) is 3.01. The topological polar surface area (TPSA) is 52.6 Å². The molecular formula is C16H32N2O2. The van der Waals surface area contributed by atoms with Gasteiger partial charge >= 0.3 is 6.03 Å². The monoisotopic (exact) mass is 284 g/mol. The molecule has 0 radical (unpaired) electrons. The molecule has 4 nitrogen and oxygen atoms in total. The number of amides is 2. The number of rotatable bonds is 6. The average molecular weight is 284 g/mol. The molecule has 0 unspecified atom stereocenters. The number of carbonyl (C=O) groups is 1. The molecule has 0 heterocycles. The summed E-state index contributed by atoms with van der Waals surface area (Å²) < 4.78 is 0. The number of nitrogens with zero attached hydrogens (tertiary/aromatic N) is 1. The molecule has 1 saturated carbocycles. The summed E-state index contributed by atoms with van der Waals surface area (Å²) in [6.45, 7) is 7.25. The Kier molecular flexibility index (Phi) is 6.80. The number of carbonyl (C=O) groups excluding carboxylic acids is 1. The Labute approximate surface area is 123 Å². The summed E-state index contributed by atoms with van der Waals surface area (Å²) in [6, 6.07) is 0.443. The molecule has 1 aliphatic rings. The Balaban J connectivity index is 2.24. The van der Waals surface area contributed by atoms with E-state index in [0.717, 1.165) is 31.6 Å². The fourth-order valence-electron chi connectivity index (χ4n) is 2.89. The molecule has 0 aromatic rings. The van der Waals surface area contributed by atoms with Gasteiger partial charge in [0.15, 0.2) is 0 Å². The molecule has 4 heteroatoms. The van der Waals surface area contributed by atoms with Crippen LogP contribution in [-0.2, 0) is 0 Å². The molecule has 0 aliphatic heterocycles. The lowest BCUT2D eigenvalue weighted by atomic mass is 9.86. The molecule has 0 bridgehead atoms. The van der Waals surface area contributed by atoms with Gasteiger partial charge in [-0.3, -0.25) is 0 Å². The molecule has 0 saturated heterocycles. The van der Waals surface area contributed by atoms with Gasteiger partial charge in [0.05, 0.1) is 0 Å². The molecule has 1 aliphatic carbocycles. The van der Waals surface area contributed by atoms with Crippen molar-refractivity contribution in [3.05, 3.63) is 0 Å². The van der Waals surface area contributed by atoms with Crippen molar-refractivity contribution in [1.82, 2.24) is 10.2 Å². The van der Waals surface area contributed by atoms with Crippen LogP contribution >= 0.6 is 0 Å². The molecule has 0 aromatic heterocycles. The minimum Gasteiger partial charge on any atom is -0.396 e. The van der Waals surface area contributed by atoms with Gasteiger partial charge in [-0.2, -0.15) is 0 Å². The van der Waals surface area contributed by atoms with Crippen LogP contribution in [0.2, 0.25) is 0 Å². The third-order valence-corrected chi connectivity index (χ3v) is 4.51. The van der Waals surface area contributed by atoms with Crippen LogP contribution < -0.4 is 5.32 Å². The van der Waals surface area contributed by atoms with E-state index in [9.17, 15) is 9.90 Å². The highest BCUT2D eigenvalue weighted by Crippen LogP contribution is 2.26. The van der Waals surface area contributed by atoms with E-state index >= 15 is 0 Å². The first-order chi connectivity index (χ1) is 9.35. The van der Waals surface area contributed by atoms with Crippen LogP contribution in [0.1, 0.15) is 59.3 Å². The quantitative estimate of drug-likeness (QED) is 0.737. The van der Waals surface area contributed by atoms with E-state index in [0.29, 0.717) is 12.6 Å². The second kappa shape index (κ2) is 7.87. The molecule has 2 atom stereocenters. The number of urea groups is 1. The average Bonchev–Trinajstić information content (AvgIpc) is 2.42. The van der Waals surface area contributed by atoms with Crippen molar-refractivity contribution in [1.29, 1.82) is 0 Å². The molecule has 0 aromatic carbocycles. The molecule has 2 amide bonds. The van der Waals surface area contributed by atoms with Gasteiger partial charge in [0, 0.05) is 26.2 Å². The fourth-order valence-corrected chi connectivity index (χ4v) is 2.89. The SMILES string of the molecule is C[C@H]1CCC[C@@H](N(C)C(=O)NCCCC(C)(C)CO)C1. The zero-order chi connectivity index (χ0) is 15.2. The Hall–Kier alpha value is -0.770. The van der Waals surface area contributed by atoms with Gasteiger partial charge in [-0.25, -0.2) is 4.79 Å². The van der Waals surface area contributed by atoms with E-state index in [-0.39, 0.29) is 18.1 Å². The lowest BCUT2D eigenvalue weighted by molar-refractivity contribution is 0.145. The van der Waals surface area contributed by atoms with E-state index in [1.807, 2.05) is 25.8 Å². The van der Waals surface area contributed by atoms with Crippen molar-refractivity contribution in [3.63, 3.8) is 0 Å². The lowest BCUT2D eigenvalue weighted by Gasteiger charge is -2.34. The number of hydrogen-bond acceptors (Lipinski definition) is 2. The Morgan fingerprint density at radius 1 is 1.40 bits per heavy atom. The van der Waals surface area contributed by atoms with Crippen LogP contribution in [-0.4, -0.2) is 42.3 Å². The summed E-state index contributed by atoms with van der Waals surface area (Å²) in [5.74, 6) is 0.731. The first-order valence-corrected chi connectivity index (χ1v) is 7.97. The highest BCUT2D eigenvalue weighted by Gasteiger charge is 2.25. The van der Waals surface area contributed by atoms with Gasteiger partial charge in [-0.05, 0) is 37.0 Å². The van der Waals surface area contributed by atoms with Crippen LogP contribution in [0.4, 0.5) is 4.79 Å². The summed E-state index contributed by atoms with van der Waals surface area (Å²) in [7, 11) is 1.91. The molecule has 2 N–H and O–H groups in total. The van der Waals surface area contributed by atoms with Crippen molar-refractivity contribution < 1.29 is 9.90 Å². The predicted molar refractivity (Wildman–Crippen MR) is 82.7 cm³/mol. The molecule has 1 rings (SSSR count). The van der Waals surface area contributed by atoms with Crippen LogP contribution in [0.15, 0.2) is 0 Å². The second-order valence-corrected chi connectivity index (χ2v) is 7.19. The normalized spacial score (nSPS) is 23.4. The third kappa shape index (κ3) is 5.70. The van der Waals surface area contributed by atoms with Crippen molar-refractivity contribution in [2.24, 2.45) is 11.3 Å². The smallest absolute Gasteiger partial charge is 0.317 e. The number of aliphatic hydroxyl groups is 1. The molecule has 0 spiro atoms. The standard InChI is InChI=1S/C16H32N2O2/c1-13-7-5-8-14(11-13)18(4)15(20)17-10-6-9-16(2,3)12-19/h13-14,19H,5-12H2,1-4H3,(H,17,20)/t13-,14+/m0/s1. The van der Waals surface area contributed by atoms with Crippen LogP contribution in [0, 0.1) is 11.3 Å². The van der Waals surface area contributed by atoms with Gasteiger partial charge in [-0.1, -0.05) is 33.6 Å². The summed E-state index contributed by atoms with van der Waals surface area (Å²) in [5.41, 5.74) is -0.0462. The van der Waals surface area contributed by atoms with E-state index < -0.39 is 0 Å². The number of nitrogens with one attached hydrogen (secondary N) is 1. The maximum Gasteiger partial charge on any atom is 0.317 e. The third-order valence-electron chi connectivity index (χ3n) is 4.51. The first-order valence-electron chi connectivity index (χ1n) is 7.97. The van der Waals surface area contributed by atoms with Crippen LogP contribution in [0.5, 0.6) is 0 Å². The summed E-state index contributed by atoms with van der Waals surface area (Å²) >= 11 is 0. The summed E-state index contributed by atoms with van der Waals surface area (Å²) in [6.07, 6.45) is 6.62. The van der Waals surface area contributed by atoms with E-state index in [2.05, 4.69) is 12.2 Å². The van der Waals surface area contributed by atoms with Gasteiger partial charge < -0.3 is 15.3 Å². The Bertz CT molecular complexity index is 305. The lowest BCUT2D eigenvalue weighted by Crippen LogP contribution is -2.45. The Morgan fingerprint density at radius 3 is 2.70 bits per heavy atom. The minimum absolute atomic E-state index is 0.0462. The molecule has 20 heavy (non-hydrogen) atoms. The first kappa shape index (κ1) is 17.3. The fraction of sp³-hybridized carbons (Fsp3) is 0.938. The zero-order valence-electron chi connectivity index (χ0n) is 13.6. The summed E-state index contributed by atoms with van der Waals surface area (Å²) in [4.78, 5) is 14.0. The van der Waals surface area contributed by atoms with E-state index in [1.165, 1.54) is 12.8 Å². The maximum atomic E-state index is 12.1. The highest BCUT2D eigenvalue weighted by atomic mass is 16.3. The highest BCUT2D eigenvalue weighted by molar-refractivity contribution is 5.74. The van der Waals surface area contributed by atoms with Gasteiger partial charge in [0.25, 0.3) is 0 Å². The van der Waals surface area contributed by atoms with Crippen molar-refractivity contribution in [2.45, 2.75) is 65.3 Å². The maximum absolute atomic E-state index is 12.1. The Morgan fingerprint density at radius 2 is 2.10 bits per heavy atom. The largest absolute Gasteiger partial charge is 0.396 e. The van der Waals surface area contributed by atoms with Crippen molar-refractivity contribution in [2.75, 3.05) is 20.2 Å². The van der Waals surface area contributed by atoms with E-state index in [4.69, 9.17) is 0 Å². The van der Waals surface area contributed by atoms with Crippen LogP contribution in [0.25, 0.3) is 0 Å². The van der Waals surface area contributed by atoms with Gasteiger partial charge in [0.1, 0.15) is 0 Å². The minimum atomic E-state index is -0.0462. The number of hydrogen-bond donors (Lipinski definition) is 2. The summed E-state index contributed by atoms with van der Waals surface area (Å²) in [5, 5.41) is 12.2.